The molecular formula is C16H18FN3O2. The number of nitrogens with one attached hydrogen (secondary N) is 1. The van der Waals surface area contributed by atoms with Crippen LogP contribution in [0.1, 0.15) is 19.3 Å². The maximum absolute atomic E-state index is 13.5. The van der Waals surface area contributed by atoms with Crippen molar-refractivity contribution in [2.24, 2.45) is 5.41 Å². The molecule has 2 atom stereocenters. The quantitative estimate of drug-likeness (QED) is 0.889. The van der Waals surface area contributed by atoms with Gasteiger partial charge in [-0.2, -0.15) is 0 Å². The average Bonchev–Trinajstić information content (AvgIpc) is 2.56. The third-order valence-electron chi connectivity index (χ3n) is 5.15. The van der Waals surface area contributed by atoms with Crippen LogP contribution < -0.4 is 5.32 Å². The predicted octanol–water partition coefficient (Wildman–Crippen LogP) is 2.11. The van der Waals surface area contributed by atoms with E-state index >= 15 is 0 Å². The topological polar surface area (TPSA) is 67.3 Å². The molecule has 6 heteroatoms. The van der Waals surface area contributed by atoms with E-state index in [1.165, 1.54) is 18.5 Å². The summed E-state index contributed by atoms with van der Waals surface area (Å²) in [6.07, 6.45) is 3.53. The molecule has 0 bridgehead atoms. The van der Waals surface area contributed by atoms with E-state index in [1.807, 2.05) is 0 Å². The van der Waals surface area contributed by atoms with Gasteiger partial charge in [-0.05, 0) is 37.5 Å². The van der Waals surface area contributed by atoms with Gasteiger partial charge < -0.3 is 15.2 Å². The van der Waals surface area contributed by atoms with Crippen LogP contribution in [0.2, 0.25) is 0 Å². The fourth-order valence-electron chi connectivity index (χ4n) is 3.71. The maximum atomic E-state index is 13.5. The van der Waals surface area contributed by atoms with Crippen molar-refractivity contribution >= 4 is 16.7 Å². The Morgan fingerprint density at radius 2 is 2.09 bits per heavy atom. The Hall–Kier alpha value is -1.79. The number of nitrogens with zero attached hydrogens (tertiary/aromatic N) is 2. The lowest BCUT2D eigenvalue weighted by atomic mass is 9.58. The maximum Gasteiger partial charge on any atom is 0.137 e. The summed E-state index contributed by atoms with van der Waals surface area (Å²) >= 11 is 0. The molecule has 0 radical (unpaired) electrons. The van der Waals surface area contributed by atoms with E-state index in [4.69, 9.17) is 4.74 Å². The van der Waals surface area contributed by atoms with Gasteiger partial charge in [0.25, 0.3) is 0 Å². The van der Waals surface area contributed by atoms with Crippen molar-refractivity contribution in [2.75, 3.05) is 18.5 Å². The third kappa shape index (κ3) is 2.06. The lowest BCUT2D eigenvalue weighted by molar-refractivity contribution is -0.133. The van der Waals surface area contributed by atoms with Gasteiger partial charge in [0.05, 0.1) is 11.6 Å². The summed E-state index contributed by atoms with van der Waals surface area (Å²) in [5.41, 5.74) is 0.558. The van der Waals surface area contributed by atoms with Gasteiger partial charge in [0.2, 0.25) is 0 Å². The number of halogens is 1. The molecule has 1 saturated carbocycles. The van der Waals surface area contributed by atoms with Crippen LogP contribution in [0.3, 0.4) is 0 Å². The van der Waals surface area contributed by atoms with Crippen molar-refractivity contribution in [3.05, 3.63) is 30.3 Å². The zero-order valence-electron chi connectivity index (χ0n) is 12.1. The van der Waals surface area contributed by atoms with Crippen LogP contribution in [0.4, 0.5) is 10.2 Å². The molecule has 1 saturated heterocycles. The number of fused-ring (bicyclic) bond motifs is 1. The van der Waals surface area contributed by atoms with Crippen LogP contribution >= 0.6 is 0 Å². The van der Waals surface area contributed by atoms with E-state index in [0.717, 1.165) is 12.8 Å². The van der Waals surface area contributed by atoms with Gasteiger partial charge in [-0.25, -0.2) is 14.4 Å². The summed E-state index contributed by atoms with van der Waals surface area (Å²) in [7, 11) is 0. The fourth-order valence-corrected chi connectivity index (χ4v) is 3.71. The Kier molecular flexibility index (Phi) is 3.23. The SMILES string of the molecule is O[C@@H]1C[C@@H](Nc2ncnc3ccc(F)cc23)C12CCOCC2. The first-order valence-corrected chi connectivity index (χ1v) is 7.62. The second-order valence-corrected chi connectivity index (χ2v) is 6.18. The van der Waals surface area contributed by atoms with Crippen molar-refractivity contribution in [1.29, 1.82) is 0 Å². The summed E-state index contributed by atoms with van der Waals surface area (Å²) in [4.78, 5) is 8.44. The summed E-state index contributed by atoms with van der Waals surface area (Å²) in [6.45, 7) is 1.35. The van der Waals surface area contributed by atoms with E-state index in [0.29, 0.717) is 36.4 Å². The zero-order valence-corrected chi connectivity index (χ0v) is 12.1. The Bertz CT molecular complexity index is 703. The van der Waals surface area contributed by atoms with Gasteiger partial charge in [-0.15, -0.1) is 0 Å². The Balaban J connectivity index is 1.65. The molecule has 22 heavy (non-hydrogen) atoms. The van der Waals surface area contributed by atoms with E-state index < -0.39 is 0 Å². The number of hydrogen-bond acceptors (Lipinski definition) is 5. The van der Waals surface area contributed by atoms with Crippen LogP contribution in [0.25, 0.3) is 10.9 Å². The van der Waals surface area contributed by atoms with E-state index in [9.17, 15) is 9.50 Å². The first-order chi connectivity index (χ1) is 10.7. The lowest BCUT2D eigenvalue weighted by Crippen LogP contribution is -2.62. The number of aliphatic hydroxyl groups excluding tert-OH is 1. The highest BCUT2D eigenvalue weighted by Gasteiger charge is 2.55. The molecule has 5 nitrogen and oxygen atoms in total. The summed E-state index contributed by atoms with van der Waals surface area (Å²) in [5, 5.41) is 14.3. The van der Waals surface area contributed by atoms with Crippen LogP contribution in [-0.4, -0.2) is 40.4 Å². The van der Waals surface area contributed by atoms with Crippen LogP contribution in [0.5, 0.6) is 0 Å². The molecule has 2 heterocycles. The van der Waals surface area contributed by atoms with E-state index in [-0.39, 0.29) is 23.4 Å². The number of rotatable bonds is 2. The highest BCUT2D eigenvalue weighted by atomic mass is 19.1. The highest BCUT2D eigenvalue weighted by molar-refractivity contribution is 5.88. The molecule has 4 rings (SSSR count). The molecule has 0 amide bonds. The Morgan fingerprint density at radius 1 is 1.27 bits per heavy atom. The smallest absolute Gasteiger partial charge is 0.137 e. The number of aliphatic hydroxyl groups is 1. The van der Waals surface area contributed by atoms with Crippen molar-refractivity contribution < 1.29 is 14.2 Å². The van der Waals surface area contributed by atoms with Gasteiger partial charge in [-0.3, -0.25) is 0 Å². The van der Waals surface area contributed by atoms with Crippen LogP contribution in [0, 0.1) is 11.2 Å². The highest BCUT2D eigenvalue weighted by Crippen LogP contribution is 2.50. The van der Waals surface area contributed by atoms with Crippen molar-refractivity contribution in [3.8, 4) is 0 Å². The van der Waals surface area contributed by atoms with Crippen molar-refractivity contribution in [2.45, 2.75) is 31.4 Å². The summed E-state index contributed by atoms with van der Waals surface area (Å²) < 4.78 is 18.9. The molecule has 1 aliphatic carbocycles. The Morgan fingerprint density at radius 3 is 2.86 bits per heavy atom. The zero-order chi connectivity index (χ0) is 15.2. The van der Waals surface area contributed by atoms with Gasteiger partial charge in [-0.1, -0.05) is 0 Å². The minimum absolute atomic E-state index is 0.132. The van der Waals surface area contributed by atoms with E-state index in [1.54, 1.807) is 6.07 Å². The van der Waals surface area contributed by atoms with Gasteiger partial charge in [0.15, 0.2) is 0 Å². The van der Waals surface area contributed by atoms with Crippen LogP contribution in [-0.2, 0) is 4.74 Å². The molecule has 2 aromatic rings. The second kappa shape index (κ2) is 5.14. The number of aromatic nitrogens is 2. The molecule has 2 aliphatic rings. The monoisotopic (exact) mass is 303 g/mol. The molecule has 1 aliphatic heterocycles. The van der Waals surface area contributed by atoms with Gasteiger partial charge >= 0.3 is 0 Å². The molecule has 1 aromatic carbocycles. The minimum atomic E-state index is -0.307. The van der Waals surface area contributed by atoms with Crippen LogP contribution in [0.15, 0.2) is 24.5 Å². The van der Waals surface area contributed by atoms with Gasteiger partial charge in [0, 0.05) is 30.1 Å². The first kappa shape index (κ1) is 13.8. The number of ether oxygens (including phenoxy) is 1. The average molecular weight is 303 g/mol. The molecule has 116 valence electrons. The predicted molar refractivity (Wildman–Crippen MR) is 80.0 cm³/mol. The summed E-state index contributed by atoms with van der Waals surface area (Å²) in [5.74, 6) is 0.326. The largest absolute Gasteiger partial charge is 0.392 e. The normalized spacial score (nSPS) is 26.8. The molecular weight excluding hydrogens is 285 g/mol. The molecule has 2 fully saturated rings. The molecule has 2 N–H and O–H groups in total. The molecule has 1 spiro atoms. The minimum Gasteiger partial charge on any atom is -0.392 e. The Labute approximate surface area is 127 Å². The standard InChI is InChI=1S/C16H18FN3O2/c17-10-1-2-12-11(7-10)15(19-9-18-12)20-13-8-14(21)16(13)3-5-22-6-4-16/h1-2,7,9,13-14,21H,3-6,8H2,(H,18,19,20)/t13-,14-/m1/s1. The first-order valence-electron chi connectivity index (χ1n) is 7.62. The van der Waals surface area contributed by atoms with Crippen molar-refractivity contribution in [3.63, 3.8) is 0 Å². The number of hydrogen-bond donors (Lipinski definition) is 2. The van der Waals surface area contributed by atoms with Crippen molar-refractivity contribution in [1.82, 2.24) is 9.97 Å². The second-order valence-electron chi connectivity index (χ2n) is 6.18. The lowest BCUT2D eigenvalue weighted by Gasteiger charge is -2.55. The summed E-state index contributed by atoms with van der Waals surface area (Å²) in [6, 6.07) is 4.63. The van der Waals surface area contributed by atoms with E-state index in [2.05, 4.69) is 15.3 Å². The third-order valence-corrected chi connectivity index (χ3v) is 5.15. The fraction of sp³-hybridized carbons (Fsp3) is 0.500. The molecule has 0 unspecified atom stereocenters. The van der Waals surface area contributed by atoms with Gasteiger partial charge in [0.1, 0.15) is 18.0 Å². The number of benzene rings is 1. The molecule has 1 aromatic heterocycles. The number of anilines is 1.